The molecule has 11 heteroatoms. The first-order valence-corrected chi connectivity index (χ1v) is 20.3. The second kappa shape index (κ2) is 15.4. The Balaban J connectivity index is 1.47. The molecule has 2 aliphatic carbocycles. The summed E-state index contributed by atoms with van der Waals surface area (Å²) >= 11 is 0. The number of ketones is 1. The fraction of sp³-hybridized carbons (Fsp3) is 0.854. The third kappa shape index (κ3) is 7.76. The molecule has 0 aromatic heterocycles. The molecule has 6 atom stereocenters. The van der Waals surface area contributed by atoms with Crippen LogP contribution in [0.3, 0.4) is 0 Å². The van der Waals surface area contributed by atoms with Crippen LogP contribution in [-0.2, 0) is 38.1 Å². The summed E-state index contributed by atoms with van der Waals surface area (Å²) in [4.78, 5) is 63.9. The molecule has 0 spiro atoms. The normalized spacial score (nSPS) is 36.9. The lowest BCUT2D eigenvalue weighted by molar-refractivity contribution is -0.378. The maximum Gasteiger partial charge on any atom is 0.323 e. The van der Waals surface area contributed by atoms with Crippen LogP contribution in [0.4, 0.5) is 0 Å². The Kier molecular flexibility index (Phi) is 11.7. The molecule has 6 fully saturated rings. The van der Waals surface area contributed by atoms with E-state index < -0.39 is 57.7 Å². The number of ether oxygens (including phenoxy) is 4. The average molecular weight is 728 g/mol. The Labute approximate surface area is 311 Å². The van der Waals surface area contributed by atoms with Crippen LogP contribution in [0.25, 0.3) is 0 Å². The van der Waals surface area contributed by atoms with E-state index >= 15 is 0 Å². The summed E-state index contributed by atoms with van der Waals surface area (Å²) in [6.45, 7) is 18.9. The van der Waals surface area contributed by atoms with Gasteiger partial charge in [-0.1, -0.05) is 46.1 Å². The molecule has 0 radical (unpaired) electrons. The molecule has 11 nitrogen and oxygen atoms in total. The zero-order valence-corrected chi connectivity index (χ0v) is 32.7. The van der Waals surface area contributed by atoms with Crippen molar-refractivity contribution in [2.24, 2.45) is 22.7 Å². The number of esters is 3. The van der Waals surface area contributed by atoms with Gasteiger partial charge in [0, 0.05) is 6.42 Å². The maximum absolute atomic E-state index is 14.8. The van der Waals surface area contributed by atoms with Gasteiger partial charge in [-0.05, 0) is 122 Å². The van der Waals surface area contributed by atoms with Gasteiger partial charge in [0.2, 0.25) is 0 Å². The van der Waals surface area contributed by atoms with Crippen LogP contribution in [0, 0.1) is 22.7 Å². The Morgan fingerprint density at radius 1 is 0.750 bits per heavy atom. The Morgan fingerprint density at radius 3 is 1.67 bits per heavy atom. The van der Waals surface area contributed by atoms with Crippen molar-refractivity contribution in [3.63, 3.8) is 0 Å². The SMILES string of the molecule is C=C[C@@]1(C)CC(=O)[C@@H]2[C@]3(C)[C@@H](CC[C@@]2(C)O1)C(C)(C)CC(OC(=O)CN1CCCCC1)C3(OC(=O)CN1CCCCC1)OC(=O)CN1CCCCC1. The van der Waals surface area contributed by atoms with Gasteiger partial charge in [-0.3, -0.25) is 33.9 Å². The summed E-state index contributed by atoms with van der Waals surface area (Å²) in [7, 11) is 0. The van der Waals surface area contributed by atoms with Gasteiger partial charge >= 0.3 is 17.9 Å². The van der Waals surface area contributed by atoms with E-state index in [1.54, 1.807) is 6.08 Å². The third-order valence-electron chi connectivity index (χ3n) is 13.6. The van der Waals surface area contributed by atoms with Crippen LogP contribution in [-0.4, -0.2) is 120 Å². The molecular weight excluding hydrogens is 662 g/mol. The van der Waals surface area contributed by atoms with Gasteiger partial charge in [-0.25, -0.2) is 0 Å². The molecule has 1 unspecified atom stereocenters. The first kappa shape index (κ1) is 39.4. The average Bonchev–Trinajstić information content (AvgIpc) is 3.07. The number of likely N-dealkylation sites (tertiary alicyclic amines) is 3. The Bertz CT molecular complexity index is 1320. The van der Waals surface area contributed by atoms with Crippen molar-refractivity contribution in [3.8, 4) is 0 Å². The van der Waals surface area contributed by atoms with Gasteiger partial charge in [-0.2, -0.15) is 0 Å². The number of rotatable bonds is 10. The lowest BCUT2D eigenvalue weighted by Crippen LogP contribution is -2.78. The minimum Gasteiger partial charge on any atom is -0.453 e. The molecule has 2 saturated carbocycles. The molecule has 4 saturated heterocycles. The van der Waals surface area contributed by atoms with Crippen molar-refractivity contribution >= 4 is 23.7 Å². The molecule has 4 aliphatic heterocycles. The van der Waals surface area contributed by atoms with E-state index in [1.165, 1.54) is 0 Å². The number of carbonyl (C=O) groups is 4. The topological polar surface area (TPSA) is 115 Å². The predicted octanol–water partition coefficient (Wildman–Crippen LogP) is 5.29. The highest BCUT2D eigenvalue weighted by atomic mass is 16.8. The van der Waals surface area contributed by atoms with E-state index in [1.807, 2.05) is 20.8 Å². The number of hydrogen-bond donors (Lipinski definition) is 0. The Hall–Kier alpha value is -2.34. The molecule has 6 aliphatic rings. The minimum absolute atomic E-state index is 0.0188. The number of fused-ring (bicyclic) bond motifs is 3. The molecule has 292 valence electrons. The zero-order chi connectivity index (χ0) is 37.4. The molecule has 0 aromatic rings. The fourth-order valence-corrected chi connectivity index (χ4v) is 11.4. The first-order valence-electron chi connectivity index (χ1n) is 20.3. The van der Waals surface area contributed by atoms with Gasteiger partial charge in [0.05, 0.1) is 42.2 Å². The van der Waals surface area contributed by atoms with E-state index in [9.17, 15) is 19.2 Å². The molecule has 0 aromatic carbocycles. The number of nitrogens with zero attached hydrogens (tertiary/aromatic N) is 3. The molecule has 0 N–H and O–H groups in total. The predicted molar refractivity (Wildman–Crippen MR) is 196 cm³/mol. The zero-order valence-electron chi connectivity index (χ0n) is 32.7. The second-order valence-corrected chi connectivity index (χ2v) is 18.2. The molecule has 52 heavy (non-hydrogen) atoms. The number of piperidine rings is 3. The lowest BCUT2D eigenvalue weighted by atomic mass is 9.41. The van der Waals surface area contributed by atoms with E-state index in [0.717, 1.165) is 97.1 Å². The van der Waals surface area contributed by atoms with Crippen LogP contribution in [0.15, 0.2) is 12.7 Å². The van der Waals surface area contributed by atoms with E-state index in [4.69, 9.17) is 18.9 Å². The van der Waals surface area contributed by atoms with E-state index in [2.05, 4.69) is 35.1 Å². The van der Waals surface area contributed by atoms with Crippen molar-refractivity contribution in [1.29, 1.82) is 0 Å². The van der Waals surface area contributed by atoms with Crippen molar-refractivity contribution in [2.45, 2.75) is 141 Å². The van der Waals surface area contributed by atoms with Gasteiger partial charge in [0.1, 0.15) is 5.78 Å². The maximum atomic E-state index is 14.8. The first-order chi connectivity index (χ1) is 24.6. The monoisotopic (exact) mass is 727 g/mol. The second-order valence-electron chi connectivity index (χ2n) is 18.2. The summed E-state index contributed by atoms with van der Waals surface area (Å²) in [5.74, 6) is -4.71. The third-order valence-corrected chi connectivity index (χ3v) is 13.6. The summed E-state index contributed by atoms with van der Waals surface area (Å²) in [6, 6.07) is 0. The van der Waals surface area contributed by atoms with Crippen LogP contribution in [0.1, 0.15) is 118 Å². The number of Topliss-reactive ketones (excluding diaryl/α,β-unsaturated/α-hetero) is 1. The van der Waals surface area contributed by atoms with Gasteiger partial charge in [0.15, 0.2) is 6.10 Å². The van der Waals surface area contributed by atoms with Gasteiger partial charge in [-0.15, -0.1) is 6.58 Å². The highest BCUT2D eigenvalue weighted by Gasteiger charge is 2.78. The highest BCUT2D eigenvalue weighted by molar-refractivity contribution is 5.86. The van der Waals surface area contributed by atoms with Crippen LogP contribution in [0.2, 0.25) is 0 Å². The van der Waals surface area contributed by atoms with Crippen molar-refractivity contribution in [1.82, 2.24) is 14.7 Å². The fourth-order valence-electron chi connectivity index (χ4n) is 11.4. The molecule has 4 heterocycles. The quantitative estimate of drug-likeness (QED) is 0.166. The molecular formula is C41H65N3O8. The lowest BCUT2D eigenvalue weighted by Gasteiger charge is -2.68. The smallest absolute Gasteiger partial charge is 0.323 e. The Morgan fingerprint density at radius 2 is 1.21 bits per heavy atom. The number of hydrogen-bond acceptors (Lipinski definition) is 11. The summed E-state index contributed by atoms with van der Waals surface area (Å²) in [5, 5.41) is 0. The molecule has 0 bridgehead atoms. The van der Waals surface area contributed by atoms with Crippen molar-refractivity contribution < 1.29 is 38.1 Å². The van der Waals surface area contributed by atoms with Crippen LogP contribution < -0.4 is 0 Å². The standard InChI is InChI=1S/C41H65N3O8/c1-7-38(4)25-30(45)36-39(5,52-38)18-17-31-37(2,3)26-32(49-33(46)27-42-19-11-8-12-20-42)41(40(31,36)6,50-34(47)28-43-21-13-9-14-22-43)51-35(48)29-44-23-15-10-16-24-44/h7,31-32,36H,1,8-29H2,2-6H3/t31-,32?,36-,38-,39+,40-/m0/s1. The largest absolute Gasteiger partial charge is 0.453 e. The molecule has 0 amide bonds. The van der Waals surface area contributed by atoms with E-state index in [0.29, 0.717) is 19.3 Å². The molecule has 6 rings (SSSR count). The van der Waals surface area contributed by atoms with Gasteiger partial charge in [0.25, 0.3) is 5.79 Å². The van der Waals surface area contributed by atoms with Crippen molar-refractivity contribution in [3.05, 3.63) is 12.7 Å². The number of carbonyl (C=O) groups excluding carboxylic acids is 4. The summed E-state index contributed by atoms with van der Waals surface area (Å²) in [5.41, 5.74) is -3.64. The van der Waals surface area contributed by atoms with Crippen LogP contribution >= 0.6 is 0 Å². The summed E-state index contributed by atoms with van der Waals surface area (Å²) in [6.07, 6.45) is 11.5. The van der Waals surface area contributed by atoms with Crippen LogP contribution in [0.5, 0.6) is 0 Å². The van der Waals surface area contributed by atoms with Crippen molar-refractivity contribution in [2.75, 3.05) is 58.9 Å². The minimum atomic E-state index is -2.07. The van der Waals surface area contributed by atoms with E-state index in [-0.39, 0.29) is 37.8 Å². The summed E-state index contributed by atoms with van der Waals surface area (Å²) < 4.78 is 26.9. The highest BCUT2D eigenvalue weighted by Crippen LogP contribution is 2.69. The van der Waals surface area contributed by atoms with Gasteiger partial charge < -0.3 is 18.9 Å².